The van der Waals surface area contributed by atoms with Crippen LogP contribution in [0.2, 0.25) is 0 Å². The summed E-state index contributed by atoms with van der Waals surface area (Å²) in [5, 5.41) is 13.7. The lowest BCUT2D eigenvalue weighted by atomic mass is 9.85. The van der Waals surface area contributed by atoms with Crippen LogP contribution in [0.3, 0.4) is 0 Å². The van der Waals surface area contributed by atoms with Crippen LogP contribution in [0, 0.1) is 11.8 Å². The van der Waals surface area contributed by atoms with Gasteiger partial charge in [0, 0.05) is 18.0 Å². The van der Waals surface area contributed by atoms with E-state index in [1.54, 1.807) is 0 Å². The Balaban J connectivity index is 1.77. The first-order valence-electron chi connectivity index (χ1n) is 5.91. The second-order valence-electron chi connectivity index (χ2n) is 4.50. The minimum absolute atomic E-state index is 0.00150. The number of piperidine rings is 1. The Kier molecular flexibility index (Phi) is 4.38. The first-order chi connectivity index (χ1) is 8.25. The first kappa shape index (κ1) is 12.4. The van der Waals surface area contributed by atoms with E-state index in [2.05, 4.69) is 32.4 Å². The summed E-state index contributed by atoms with van der Waals surface area (Å²) in [6.07, 6.45) is 2.95. The molecule has 0 aromatic carbocycles. The number of aromatic nitrogens is 3. The molecule has 6 nitrogen and oxygen atoms in total. The van der Waals surface area contributed by atoms with E-state index in [-0.39, 0.29) is 5.91 Å². The van der Waals surface area contributed by atoms with Crippen molar-refractivity contribution in [2.75, 3.05) is 18.4 Å². The van der Waals surface area contributed by atoms with Gasteiger partial charge in [0.1, 0.15) is 0 Å². The van der Waals surface area contributed by atoms with Crippen molar-refractivity contribution in [2.24, 2.45) is 11.8 Å². The summed E-state index contributed by atoms with van der Waals surface area (Å²) in [7, 11) is 0. The van der Waals surface area contributed by atoms with Crippen LogP contribution >= 0.6 is 11.5 Å². The minimum atomic E-state index is 0.00150. The molecule has 1 aliphatic rings. The van der Waals surface area contributed by atoms with E-state index in [9.17, 15) is 4.79 Å². The van der Waals surface area contributed by atoms with Gasteiger partial charge in [-0.2, -0.15) is 0 Å². The number of rotatable bonds is 4. The monoisotopic (exact) mass is 255 g/mol. The fourth-order valence-electron chi connectivity index (χ4n) is 2.18. The predicted molar refractivity (Wildman–Crippen MR) is 65.7 cm³/mol. The lowest BCUT2D eigenvalue weighted by Crippen LogP contribution is -2.34. The standard InChI is InChI=1S/C10H17N5OS/c1-7(8-3-2-4-11-6-8)5-9(16)12-10-13-14-15-17-10/h7-8,11H,2-6H2,1H3,(H,12,13,15,16). The average Bonchev–Trinajstić information content (AvgIpc) is 2.82. The van der Waals surface area contributed by atoms with Crippen LogP contribution < -0.4 is 10.6 Å². The zero-order valence-corrected chi connectivity index (χ0v) is 10.7. The van der Waals surface area contributed by atoms with Crippen molar-refractivity contribution in [3.05, 3.63) is 0 Å². The third-order valence-electron chi connectivity index (χ3n) is 3.19. The number of hydrogen-bond acceptors (Lipinski definition) is 6. The number of nitrogens with zero attached hydrogens (tertiary/aromatic N) is 3. The van der Waals surface area contributed by atoms with E-state index in [1.807, 2.05) is 0 Å². The average molecular weight is 255 g/mol. The van der Waals surface area contributed by atoms with Crippen LogP contribution in [0.1, 0.15) is 26.2 Å². The maximum atomic E-state index is 11.7. The van der Waals surface area contributed by atoms with E-state index in [4.69, 9.17) is 0 Å². The summed E-state index contributed by atoms with van der Waals surface area (Å²) >= 11 is 1.10. The number of carbonyl (C=O) groups is 1. The minimum Gasteiger partial charge on any atom is -0.316 e. The van der Waals surface area contributed by atoms with Gasteiger partial charge in [0.2, 0.25) is 11.0 Å². The highest BCUT2D eigenvalue weighted by Crippen LogP contribution is 2.22. The van der Waals surface area contributed by atoms with Crippen molar-refractivity contribution in [2.45, 2.75) is 26.2 Å². The summed E-state index contributed by atoms with van der Waals surface area (Å²) < 4.78 is 3.60. The van der Waals surface area contributed by atoms with E-state index in [0.717, 1.165) is 24.6 Å². The number of carbonyl (C=O) groups excluding carboxylic acids is 1. The maximum absolute atomic E-state index is 11.7. The number of anilines is 1. The van der Waals surface area contributed by atoms with E-state index >= 15 is 0 Å². The molecule has 1 aliphatic heterocycles. The fraction of sp³-hybridized carbons (Fsp3) is 0.800. The Bertz CT molecular complexity index is 350. The maximum Gasteiger partial charge on any atom is 0.231 e. The van der Waals surface area contributed by atoms with Gasteiger partial charge in [-0.25, -0.2) is 0 Å². The normalized spacial score (nSPS) is 22.1. The Labute approximate surface area is 104 Å². The van der Waals surface area contributed by atoms with Gasteiger partial charge in [0.25, 0.3) is 0 Å². The van der Waals surface area contributed by atoms with Crippen molar-refractivity contribution in [1.82, 2.24) is 20.1 Å². The molecule has 0 bridgehead atoms. The number of amides is 1. The number of nitrogens with one attached hydrogen (secondary N) is 2. The van der Waals surface area contributed by atoms with Crippen LogP contribution in [0.25, 0.3) is 0 Å². The molecule has 1 aromatic heterocycles. The van der Waals surface area contributed by atoms with Gasteiger partial charge in [-0.05, 0) is 43.0 Å². The molecule has 2 unspecified atom stereocenters. The van der Waals surface area contributed by atoms with Gasteiger partial charge >= 0.3 is 0 Å². The second-order valence-corrected chi connectivity index (χ2v) is 5.24. The lowest BCUT2D eigenvalue weighted by Gasteiger charge is -2.27. The first-order valence-corrected chi connectivity index (χ1v) is 6.68. The molecule has 0 radical (unpaired) electrons. The van der Waals surface area contributed by atoms with Crippen molar-refractivity contribution in [3.63, 3.8) is 0 Å². The molecule has 0 saturated carbocycles. The van der Waals surface area contributed by atoms with Crippen LogP contribution in [-0.2, 0) is 4.79 Å². The van der Waals surface area contributed by atoms with Crippen LogP contribution in [-0.4, -0.2) is 33.8 Å². The molecule has 2 atom stereocenters. The summed E-state index contributed by atoms with van der Waals surface area (Å²) in [6, 6.07) is 0. The Morgan fingerprint density at radius 1 is 1.71 bits per heavy atom. The Morgan fingerprint density at radius 3 is 3.24 bits per heavy atom. The molecule has 1 aromatic rings. The summed E-state index contributed by atoms with van der Waals surface area (Å²) in [5.41, 5.74) is 0. The van der Waals surface area contributed by atoms with Crippen molar-refractivity contribution < 1.29 is 4.79 Å². The molecule has 1 amide bonds. The molecule has 1 saturated heterocycles. The molecule has 2 heterocycles. The molecule has 2 rings (SSSR count). The lowest BCUT2D eigenvalue weighted by molar-refractivity contribution is -0.117. The molecular formula is C10H17N5OS. The summed E-state index contributed by atoms with van der Waals surface area (Å²) in [6.45, 7) is 4.26. The molecule has 2 N–H and O–H groups in total. The molecule has 0 aliphatic carbocycles. The van der Waals surface area contributed by atoms with E-state index in [1.165, 1.54) is 12.8 Å². The molecule has 94 valence electrons. The molecule has 0 spiro atoms. The van der Waals surface area contributed by atoms with Crippen molar-refractivity contribution >= 4 is 22.6 Å². The van der Waals surface area contributed by atoms with Gasteiger partial charge in [-0.15, -0.1) is 0 Å². The zero-order valence-electron chi connectivity index (χ0n) is 9.85. The van der Waals surface area contributed by atoms with Gasteiger partial charge < -0.3 is 5.32 Å². The van der Waals surface area contributed by atoms with E-state index in [0.29, 0.717) is 23.4 Å². The van der Waals surface area contributed by atoms with Gasteiger partial charge in [0.05, 0.1) is 0 Å². The van der Waals surface area contributed by atoms with Gasteiger partial charge in [0.15, 0.2) is 0 Å². The fourth-order valence-corrected chi connectivity index (χ4v) is 2.56. The van der Waals surface area contributed by atoms with Crippen molar-refractivity contribution in [1.29, 1.82) is 0 Å². The quantitative estimate of drug-likeness (QED) is 0.835. The molecule has 1 fully saturated rings. The predicted octanol–water partition coefficient (Wildman–Crippen LogP) is 0.897. The highest BCUT2D eigenvalue weighted by atomic mass is 32.1. The van der Waals surface area contributed by atoms with Gasteiger partial charge in [-0.1, -0.05) is 16.5 Å². The van der Waals surface area contributed by atoms with Gasteiger partial charge in [-0.3, -0.25) is 10.1 Å². The summed E-state index contributed by atoms with van der Waals surface area (Å²) in [4.78, 5) is 11.7. The third kappa shape index (κ3) is 3.71. The SMILES string of the molecule is CC(CC(=O)Nc1nnns1)C1CCCNC1. The van der Waals surface area contributed by atoms with Crippen molar-refractivity contribution in [3.8, 4) is 0 Å². The molecule has 17 heavy (non-hydrogen) atoms. The third-order valence-corrected chi connectivity index (χ3v) is 3.70. The van der Waals surface area contributed by atoms with Crippen LogP contribution in [0.4, 0.5) is 5.13 Å². The highest BCUT2D eigenvalue weighted by molar-refractivity contribution is 7.09. The highest BCUT2D eigenvalue weighted by Gasteiger charge is 2.22. The topological polar surface area (TPSA) is 79.8 Å². The largest absolute Gasteiger partial charge is 0.316 e. The smallest absolute Gasteiger partial charge is 0.231 e. The second kappa shape index (κ2) is 6.02. The summed E-state index contributed by atoms with van der Waals surface area (Å²) in [5.74, 6) is 0.993. The molecule has 7 heteroatoms. The van der Waals surface area contributed by atoms with E-state index < -0.39 is 0 Å². The number of hydrogen-bond donors (Lipinski definition) is 2. The Morgan fingerprint density at radius 2 is 2.59 bits per heavy atom. The Hall–Kier alpha value is -1.08. The van der Waals surface area contributed by atoms with Crippen LogP contribution in [0.5, 0.6) is 0 Å². The molecular weight excluding hydrogens is 238 g/mol. The van der Waals surface area contributed by atoms with Crippen LogP contribution in [0.15, 0.2) is 0 Å². The zero-order chi connectivity index (χ0) is 12.1.